The molecule has 1 fully saturated rings. The van der Waals surface area contributed by atoms with Gasteiger partial charge in [0.25, 0.3) is 0 Å². The second kappa shape index (κ2) is 5.43. The van der Waals surface area contributed by atoms with Gasteiger partial charge in [-0.25, -0.2) is 0 Å². The predicted octanol–water partition coefficient (Wildman–Crippen LogP) is 2.76. The highest BCUT2D eigenvalue weighted by Crippen LogP contribution is 2.30. The van der Waals surface area contributed by atoms with Crippen molar-refractivity contribution in [2.75, 3.05) is 5.73 Å². The van der Waals surface area contributed by atoms with Crippen molar-refractivity contribution in [3.8, 4) is 0 Å². The molecule has 0 spiro atoms. The molecule has 100 valence electrons. The average Bonchev–Trinajstić information content (AvgIpc) is 3.07. The van der Waals surface area contributed by atoms with Gasteiger partial charge < -0.3 is 10.3 Å². The first-order valence-electron chi connectivity index (χ1n) is 7.06. The number of nitrogens with two attached hydrogens (primary N) is 1. The predicted molar refractivity (Wildman–Crippen MR) is 75.8 cm³/mol. The Labute approximate surface area is 113 Å². The maximum atomic E-state index is 5.80. The molecule has 1 aliphatic carbocycles. The zero-order valence-electron chi connectivity index (χ0n) is 11.1. The van der Waals surface area contributed by atoms with Crippen molar-refractivity contribution >= 4 is 5.69 Å². The Kier molecular flexibility index (Phi) is 3.49. The van der Waals surface area contributed by atoms with E-state index >= 15 is 0 Å². The van der Waals surface area contributed by atoms with Gasteiger partial charge in [0.05, 0.1) is 0 Å². The van der Waals surface area contributed by atoms with Gasteiger partial charge in [-0.05, 0) is 37.0 Å². The van der Waals surface area contributed by atoms with Crippen molar-refractivity contribution in [1.82, 2.24) is 14.8 Å². The topological polar surface area (TPSA) is 56.7 Å². The Morgan fingerprint density at radius 2 is 2.05 bits per heavy atom. The molecule has 3 rings (SSSR count). The highest BCUT2D eigenvalue weighted by Gasteiger charge is 2.19. The largest absolute Gasteiger partial charge is 0.399 e. The Morgan fingerprint density at radius 1 is 1.21 bits per heavy atom. The SMILES string of the molecule is Nc1cccc(CCc2nncn2C2CCCC2)c1. The summed E-state index contributed by atoms with van der Waals surface area (Å²) in [5.41, 5.74) is 7.90. The van der Waals surface area contributed by atoms with Crippen molar-refractivity contribution in [3.63, 3.8) is 0 Å². The summed E-state index contributed by atoms with van der Waals surface area (Å²) in [6.45, 7) is 0. The van der Waals surface area contributed by atoms with E-state index in [1.807, 2.05) is 24.5 Å². The molecule has 19 heavy (non-hydrogen) atoms. The van der Waals surface area contributed by atoms with Crippen LogP contribution in [-0.2, 0) is 12.8 Å². The first kappa shape index (κ1) is 12.2. The highest BCUT2D eigenvalue weighted by molar-refractivity contribution is 5.40. The molecule has 0 amide bonds. The molecule has 4 nitrogen and oxygen atoms in total. The third kappa shape index (κ3) is 2.78. The van der Waals surface area contributed by atoms with Gasteiger partial charge in [0.2, 0.25) is 0 Å². The molecule has 2 N–H and O–H groups in total. The number of benzene rings is 1. The van der Waals surface area contributed by atoms with E-state index in [0.29, 0.717) is 6.04 Å². The zero-order chi connectivity index (χ0) is 13.1. The standard InChI is InChI=1S/C15H20N4/c16-13-5-3-4-12(10-13)8-9-15-18-17-11-19(15)14-6-1-2-7-14/h3-5,10-11,14H,1-2,6-9,16H2. The monoisotopic (exact) mass is 256 g/mol. The van der Waals surface area contributed by atoms with E-state index in [1.165, 1.54) is 31.2 Å². The summed E-state index contributed by atoms with van der Waals surface area (Å²) in [5, 5.41) is 8.36. The van der Waals surface area contributed by atoms with E-state index in [9.17, 15) is 0 Å². The summed E-state index contributed by atoms with van der Waals surface area (Å²) in [6.07, 6.45) is 8.99. The Morgan fingerprint density at radius 3 is 2.84 bits per heavy atom. The van der Waals surface area contributed by atoms with Crippen molar-refractivity contribution in [2.45, 2.75) is 44.6 Å². The lowest BCUT2D eigenvalue weighted by Gasteiger charge is -2.13. The number of hydrogen-bond donors (Lipinski definition) is 1. The maximum Gasteiger partial charge on any atom is 0.133 e. The lowest BCUT2D eigenvalue weighted by atomic mass is 10.1. The van der Waals surface area contributed by atoms with Crippen LogP contribution in [0, 0.1) is 0 Å². The second-order valence-electron chi connectivity index (χ2n) is 5.34. The van der Waals surface area contributed by atoms with Crippen LogP contribution in [0.5, 0.6) is 0 Å². The van der Waals surface area contributed by atoms with E-state index in [-0.39, 0.29) is 0 Å². The van der Waals surface area contributed by atoms with Crippen LogP contribution in [0.1, 0.15) is 43.1 Å². The molecule has 4 heteroatoms. The van der Waals surface area contributed by atoms with Crippen LogP contribution in [0.3, 0.4) is 0 Å². The molecule has 1 aromatic carbocycles. The molecular weight excluding hydrogens is 236 g/mol. The maximum absolute atomic E-state index is 5.80. The Hall–Kier alpha value is -1.84. The summed E-state index contributed by atoms with van der Waals surface area (Å²) in [4.78, 5) is 0. The van der Waals surface area contributed by atoms with Crippen molar-refractivity contribution in [1.29, 1.82) is 0 Å². The van der Waals surface area contributed by atoms with Gasteiger partial charge >= 0.3 is 0 Å². The molecule has 0 saturated heterocycles. The zero-order valence-corrected chi connectivity index (χ0v) is 11.1. The van der Waals surface area contributed by atoms with Gasteiger partial charge in [0.1, 0.15) is 12.2 Å². The fourth-order valence-corrected chi connectivity index (χ4v) is 2.94. The van der Waals surface area contributed by atoms with Crippen LogP contribution in [0.2, 0.25) is 0 Å². The van der Waals surface area contributed by atoms with E-state index in [4.69, 9.17) is 5.73 Å². The van der Waals surface area contributed by atoms with Crippen LogP contribution < -0.4 is 5.73 Å². The molecule has 1 aromatic heterocycles. The summed E-state index contributed by atoms with van der Waals surface area (Å²) >= 11 is 0. The number of rotatable bonds is 4. The van der Waals surface area contributed by atoms with E-state index in [2.05, 4.69) is 20.8 Å². The minimum Gasteiger partial charge on any atom is -0.399 e. The molecular formula is C15H20N4. The lowest BCUT2D eigenvalue weighted by molar-refractivity contribution is 0.495. The molecule has 0 aliphatic heterocycles. The number of aromatic nitrogens is 3. The lowest BCUT2D eigenvalue weighted by Crippen LogP contribution is -2.09. The smallest absolute Gasteiger partial charge is 0.133 e. The van der Waals surface area contributed by atoms with Gasteiger partial charge in [-0.1, -0.05) is 25.0 Å². The summed E-state index contributed by atoms with van der Waals surface area (Å²) in [5.74, 6) is 1.11. The summed E-state index contributed by atoms with van der Waals surface area (Å²) in [6, 6.07) is 8.70. The fourth-order valence-electron chi connectivity index (χ4n) is 2.94. The van der Waals surface area contributed by atoms with Gasteiger partial charge in [-0.15, -0.1) is 10.2 Å². The van der Waals surface area contributed by atoms with Gasteiger partial charge in [0.15, 0.2) is 0 Å². The van der Waals surface area contributed by atoms with Crippen LogP contribution in [0.4, 0.5) is 5.69 Å². The third-order valence-electron chi connectivity index (χ3n) is 3.95. The number of aryl methyl sites for hydroxylation is 2. The minimum atomic E-state index is 0.617. The molecule has 0 bridgehead atoms. The van der Waals surface area contributed by atoms with Gasteiger partial charge in [0, 0.05) is 18.2 Å². The van der Waals surface area contributed by atoms with E-state index in [1.54, 1.807) is 0 Å². The normalized spacial score (nSPS) is 16.0. The van der Waals surface area contributed by atoms with Crippen molar-refractivity contribution in [3.05, 3.63) is 42.0 Å². The molecule has 0 atom stereocenters. The van der Waals surface area contributed by atoms with E-state index < -0.39 is 0 Å². The Balaban J connectivity index is 1.68. The van der Waals surface area contributed by atoms with Crippen LogP contribution in [0.25, 0.3) is 0 Å². The van der Waals surface area contributed by atoms with Crippen molar-refractivity contribution < 1.29 is 0 Å². The number of nitrogens with zero attached hydrogens (tertiary/aromatic N) is 3. The minimum absolute atomic E-state index is 0.617. The molecule has 0 unspecified atom stereocenters. The average molecular weight is 256 g/mol. The quantitative estimate of drug-likeness (QED) is 0.856. The van der Waals surface area contributed by atoms with Crippen LogP contribution >= 0.6 is 0 Å². The number of anilines is 1. The molecule has 1 heterocycles. The Bertz CT molecular complexity index is 541. The van der Waals surface area contributed by atoms with Crippen LogP contribution in [-0.4, -0.2) is 14.8 Å². The highest BCUT2D eigenvalue weighted by atomic mass is 15.3. The van der Waals surface area contributed by atoms with E-state index in [0.717, 1.165) is 24.4 Å². The number of nitrogen functional groups attached to an aromatic ring is 1. The molecule has 1 saturated carbocycles. The van der Waals surface area contributed by atoms with Gasteiger partial charge in [-0.2, -0.15) is 0 Å². The molecule has 2 aromatic rings. The molecule has 0 radical (unpaired) electrons. The molecule has 1 aliphatic rings. The summed E-state index contributed by atoms with van der Waals surface area (Å²) in [7, 11) is 0. The first-order valence-corrected chi connectivity index (χ1v) is 7.06. The van der Waals surface area contributed by atoms with Gasteiger partial charge in [-0.3, -0.25) is 0 Å². The first-order chi connectivity index (χ1) is 9.33. The summed E-state index contributed by atoms with van der Waals surface area (Å²) < 4.78 is 2.28. The second-order valence-corrected chi connectivity index (χ2v) is 5.34. The number of hydrogen-bond acceptors (Lipinski definition) is 3. The van der Waals surface area contributed by atoms with Crippen molar-refractivity contribution in [2.24, 2.45) is 0 Å². The fraction of sp³-hybridized carbons (Fsp3) is 0.467. The van der Waals surface area contributed by atoms with Crippen LogP contribution in [0.15, 0.2) is 30.6 Å². The third-order valence-corrected chi connectivity index (χ3v) is 3.95.